The molecular formula is C26H37N. The van der Waals surface area contributed by atoms with Crippen LogP contribution >= 0.6 is 0 Å². The molecule has 146 valence electrons. The molecular weight excluding hydrogens is 326 g/mol. The Bertz CT molecular complexity index is 746. The predicted octanol–water partition coefficient (Wildman–Crippen LogP) is 7.27. The first-order valence-electron chi connectivity index (χ1n) is 10.6. The lowest BCUT2D eigenvalue weighted by atomic mass is 9.70. The summed E-state index contributed by atoms with van der Waals surface area (Å²) in [5, 5.41) is 0. The SMILES string of the molecule is CC(C)c1cccc(C(C)C)c1N1C[C@](C)(c2ccccc2)CCC1(C)C. The lowest BCUT2D eigenvalue weighted by Crippen LogP contribution is -2.56. The van der Waals surface area contributed by atoms with Gasteiger partial charge in [-0.1, -0.05) is 83.1 Å². The molecule has 0 unspecified atom stereocenters. The van der Waals surface area contributed by atoms with Gasteiger partial charge >= 0.3 is 0 Å². The van der Waals surface area contributed by atoms with Gasteiger partial charge in [-0.3, -0.25) is 0 Å². The van der Waals surface area contributed by atoms with Crippen LogP contribution in [0.4, 0.5) is 5.69 Å². The van der Waals surface area contributed by atoms with Crippen LogP contribution in [-0.4, -0.2) is 12.1 Å². The summed E-state index contributed by atoms with van der Waals surface area (Å²) in [6, 6.07) is 18.1. The number of piperidine rings is 1. The van der Waals surface area contributed by atoms with Crippen LogP contribution in [0, 0.1) is 0 Å². The van der Waals surface area contributed by atoms with Crippen molar-refractivity contribution in [3.63, 3.8) is 0 Å². The second-order valence-electron chi connectivity index (χ2n) is 9.92. The maximum Gasteiger partial charge on any atom is 0.0441 e. The molecule has 1 heteroatoms. The van der Waals surface area contributed by atoms with Crippen LogP contribution in [0.25, 0.3) is 0 Å². The summed E-state index contributed by atoms with van der Waals surface area (Å²) in [6.45, 7) is 17.7. The van der Waals surface area contributed by atoms with Gasteiger partial charge in [0, 0.05) is 23.2 Å². The average Bonchev–Trinajstić information content (AvgIpc) is 2.64. The van der Waals surface area contributed by atoms with Crippen molar-refractivity contribution in [1.82, 2.24) is 0 Å². The predicted molar refractivity (Wildman–Crippen MR) is 119 cm³/mol. The molecule has 2 aromatic carbocycles. The van der Waals surface area contributed by atoms with E-state index in [9.17, 15) is 0 Å². The highest BCUT2D eigenvalue weighted by Crippen LogP contribution is 2.46. The summed E-state index contributed by atoms with van der Waals surface area (Å²) in [6.07, 6.45) is 2.45. The molecule has 3 rings (SSSR count). The standard InChI is InChI=1S/C26H37N/c1-19(2)22-14-11-15-23(20(3)4)24(22)27-18-26(7,17-16-25(27,5)6)21-12-9-8-10-13-21/h8-15,19-20H,16-18H2,1-7H3/t26-/m1/s1. The van der Waals surface area contributed by atoms with Gasteiger partial charge in [-0.05, 0) is 55.2 Å². The first-order valence-corrected chi connectivity index (χ1v) is 10.6. The van der Waals surface area contributed by atoms with E-state index in [-0.39, 0.29) is 11.0 Å². The maximum atomic E-state index is 2.74. The number of para-hydroxylation sites is 1. The summed E-state index contributed by atoms with van der Waals surface area (Å²) < 4.78 is 0. The highest BCUT2D eigenvalue weighted by Gasteiger charge is 2.42. The second-order valence-corrected chi connectivity index (χ2v) is 9.92. The van der Waals surface area contributed by atoms with E-state index in [1.165, 1.54) is 35.2 Å². The fraction of sp³-hybridized carbons (Fsp3) is 0.538. The van der Waals surface area contributed by atoms with Crippen molar-refractivity contribution in [2.45, 2.75) is 84.1 Å². The van der Waals surface area contributed by atoms with Gasteiger partial charge in [0.1, 0.15) is 0 Å². The monoisotopic (exact) mass is 363 g/mol. The molecule has 1 aliphatic rings. The maximum absolute atomic E-state index is 2.74. The molecule has 0 N–H and O–H groups in total. The van der Waals surface area contributed by atoms with Gasteiger partial charge in [0.2, 0.25) is 0 Å². The highest BCUT2D eigenvalue weighted by molar-refractivity contribution is 5.64. The van der Waals surface area contributed by atoms with Crippen LogP contribution in [0.2, 0.25) is 0 Å². The van der Waals surface area contributed by atoms with Crippen LogP contribution < -0.4 is 4.90 Å². The molecule has 0 spiro atoms. The molecule has 1 atom stereocenters. The molecule has 0 radical (unpaired) electrons. The molecule has 0 amide bonds. The van der Waals surface area contributed by atoms with E-state index in [1.807, 2.05) is 0 Å². The summed E-state index contributed by atoms with van der Waals surface area (Å²) in [5.74, 6) is 1.05. The Morgan fingerprint density at radius 2 is 1.30 bits per heavy atom. The second kappa shape index (κ2) is 7.34. The lowest BCUT2D eigenvalue weighted by Gasteiger charge is -2.53. The van der Waals surface area contributed by atoms with Crippen molar-refractivity contribution in [2.24, 2.45) is 0 Å². The van der Waals surface area contributed by atoms with Crippen molar-refractivity contribution >= 4 is 5.69 Å². The Morgan fingerprint density at radius 1 is 0.741 bits per heavy atom. The zero-order chi connectivity index (χ0) is 19.8. The first-order chi connectivity index (χ1) is 12.7. The Balaban J connectivity index is 2.14. The minimum atomic E-state index is 0.170. The molecule has 0 aliphatic carbocycles. The third-order valence-electron chi connectivity index (χ3n) is 6.61. The van der Waals surface area contributed by atoms with Crippen LogP contribution in [0.5, 0.6) is 0 Å². The van der Waals surface area contributed by atoms with E-state index >= 15 is 0 Å². The van der Waals surface area contributed by atoms with E-state index in [0.717, 1.165) is 6.54 Å². The topological polar surface area (TPSA) is 3.24 Å². The van der Waals surface area contributed by atoms with E-state index < -0.39 is 0 Å². The minimum Gasteiger partial charge on any atom is -0.365 e. The summed E-state index contributed by atoms with van der Waals surface area (Å²) in [4.78, 5) is 2.74. The molecule has 1 nitrogen and oxygen atoms in total. The zero-order valence-corrected chi connectivity index (χ0v) is 18.3. The highest BCUT2D eigenvalue weighted by atomic mass is 15.2. The lowest BCUT2D eigenvalue weighted by molar-refractivity contribution is 0.265. The molecule has 1 heterocycles. The van der Waals surface area contributed by atoms with E-state index in [1.54, 1.807) is 0 Å². The van der Waals surface area contributed by atoms with E-state index in [2.05, 4.69) is 102 Å². The third kappa shape index (κ3) is 3.79. The molecule has 2 aromatic rings. The Morgan fingerprint density at radius 3 is 1.81 bits per heavy atom. The van der Waals surface area contributed by atoms with Gasteiger partial charge in [0.15, 0.2) is 0 Å². The van der Waals surface area contributed by atoms with Gasteiger partial charge in [-0.2, -0.15) is 0 Å². The van der Waals surface area contributed by atoms with E-state index in [0.29, 0.717) is 11.8 Å². The largest absolute Gasteiger partial charge is 0.365 e. The van der Waals surface area contributed by atoms with Crippen molar-refractivity contribution in [1.29, 1.82) is 0 Å². The van der Waals surface area contributed by atoms with Gasteiger partial charge in [-0.25, -0.2) is 0 Å². The van der Waals surface area contributed by atoms with Crippen molar-refractivity contribution in [2.75, 3.05) is 11.4 Å². The van der Waals surface area contributed by atoms with Gasteiger partial charge in [0.25, 0.3) is 0 Å². The van der Waals surface area contributed by atoms with Crippen LogP contribution in [0.3, 0.4) is 0 Å². The molecule has 0 bridgehead atoms. The summed E-state index contributed by atoms with van der Waals surface area (Å²) >= 11 is 0. The Kier molecular flexibility index (Phi) is 5.43. The normalized spacial score (nSPS) is 22.5. The average molecular weight is 364 g/mol. The number of benzene rings is 2. The van der Waals surface area contributed by atoms with Crippen LogP contribution in [0.1, 0.15) is 89.8 Å². The zero-order valence-electron chi connectivity index (χ0n) is 18.3. The number of hydrogen-bond acceptors (Lipinski definition) is 1. The number of nitrogens with zero attached hydrogens (tertiary/aromatic N) is 1. The first kappa shape index (κ1) is 20.0. The molecule has 0 saturated carbocycles. The number of rotatable bonds is 4. The molecule has 1 aliphatic heterocycles. The molecule has 1 fully saturated rings. The minimum absolute atomic E-state index is 0.170. The van der Waals surface area contributed by atoms with Crippen molar-refractivity contribution in [3.05, 3.63) is 65.2 Å². The van der Waals surface area contributed by atoms with Crippen LogP contribution in [0.15, 0.2) is 48.5 Å². The Labute approximate surface area is 166 Å². The quantitative estimate of drug-likeness (QED) is 0.552. The smallest absolute Gasteiger partial charge is 0.0441 e. The molecule has 27 heavy (non-hydrogen) atoms. The van der Waals surface area contributed by atoms with Crippen molar-refractivity contribution < 1.29 is 0 Å². The summed E-state index contributed by atoms with van der Waals surface area (Å²) in [7, 11) is 0. The van der Waals surface area contributed by atoms with Gasteiger partial charge < -0.3 is 4.90 Å². The molecule has 0 aromatic heterocycles. The molecule has 1 saturated heterocycles. The fourth-order valence-corrected chi connectivity index (χ4v) is 4.64. The summed E-state index contributed by atoms with van der Waals surface area (Å²) in [5.41, 5.74) is 6.31. The Hall–Kier alpha value is -1.76. The fourth-order valence-electron chi connectivity index (χ4n) is 4.64. The number of anilines is 1. The van der Waals surface area contributed by atoms with Crippen LogP contribution in [-0.2, 0) is 5.41 Å². The third-order valence-corrected chi connectivity index (χ3v) is 6.61. The van der Waals surface area contributed by atoms with Crippen molar-refractivity contribution in [3.8, 4) is 0 Å². The van der Waals surface area contributed by atoms with Gasteiger partial charge in [-0.15, -0.1) is 0 Å². The van der Waals surface area contributed by atoms with E-state index in [4.69, 9.17) is 0 Å². The number of hydrogen-bond donors (Lipinski definition) is 0. The van der Waals surface area contributed by atoms with Gasteiger partial charge in [0.05, 0.1) is 0 Å².